The maximum absolute atomic E-state index is 13.6. The average Bonchev–Trinajstić information content (AvgIpc) is 2.92. The van der Waals surface area contributed by atoms with Gasteiger partial charge in [0.25, 0.3) is 0 Å². The van der Waals surface area contributed by atoms with Gasteiger partial charge in [0, 0.05) is 17.1 Å². The van der Waals surface area contributed by atoms with Crippen LogP contribution in [0.3, 0.4) is 0 Å². The summed E-state index contributed by atoms with van der Waals surface area (Å²) in [5.74, 6) is 0.162. The molecular weight excluding hydrogens is 332 g/mol. The number of anilines is 2. The molecule has 0 amide bonds. The van der Waals surface area contributed by atoms with E-state index in [9.17, 15) is 4.39 Å². The molecular formula is C14H8Cl2FN3S. The molecule has 0 radical (unpaired) electrons. The zero-order chi connectivity index (χ0) is 14.8. The molecule has 2 aromatic heterocycles. The number of pyridine rings is 1. The molecule has 0 aliphatic rings. The number of thiazole rings is 1. The first-order valence-electron chi connectivity index (χ1n) is 5.92. The van der Waals surface area contributed by atoms with Crippen molar-refractivity contribution < 1.29 is 4.39 Å². The monoisotopic (exact) mass is 339 g/mol. The highest BCUT2D eigenvalue weighted by Crippen LogP contribution is 2.34. The van der Waals surface area contributed by atoms with E-state index in [1.54, 1.807) is 11.6 Å². The van der Waals surface area contributed by atoms with Crippen molar-refractivity contribution in [3.05, 3.63) is 57.8 Å². The number of nitrogens with zero attached hydrogens (tertiary/aromatic N) is 2. The third-order valence-electron chi connectivity index (χ3n) is 2.69. The summed E-state index contributed by atoms with van der Waals surface area (Å²) >= 11 is 13.2. The topological polar surface area (TPSA) is 37.8 Å². The average molecular weight is 340 g/mol. The molecule has 0 aliphatic carbocycles. The van der Waals surface area contributed by atoms with Gasteiger partial charge < -0.3 is 5.32 Å². The fourth-order valence-electron chi connectivity index (χ4n) is 1.72. The summed E-state index contributed by atoms with van der Waals surface area (Å²) in [4.78, 5) is 8.53. The van der Waals surface area contributed by atoms with Crippen molar-refractivity contribution in [2.45, 2.75) is 0 Å². The third kappa shape index (κ3) is 3.15. The lowest BCUT2D eigenvalue weighted by atomic mass is 10.2. The Morgan fingerprint density at radius 1 is 1.14 bits per heavy atom. The molecule has 0 bridgehead atoms. The highest BCUT2D eigenvalue weighted by molar-refractivity contribution is 7.14. The molecule has 3 aromatic rings. The minimum absolute atomic E-state index is 0.00851. The van der Waals surface area contributed by atoms with Crippen LogP contribution in [0.2, 0.25) is 10.0 Å². The molecule has 0 unspecified atom stereocenters. The lowest BCUT2D eigenvalue weighted by Gasteiger charge is -2.03. The molecule has 106 valence electrons. The second-order valence-corrected chi connectivity index (χ2v) is 5.80. The van der Waals surface area contributed by atoms with Gasteiger partial charge in [0.15, 0.2) is 5.13 Å². The van der Waals surface area contributed by atoms with E-state index in [-0.39, 0.29) is 5.02 Å². The predicted octanol–water partition coefficient (Wildman–Crippen LogP) is 5.39. The molecule has 0 fully saturated rings. The quantitative estimate of drug-likeness (QED) is 0.649. The highest BCUT2D eigenvalue weighted by atomic mass is 35.5. The van der Waals surface area contributed by atoms with Gasteiger partial charge in [-0.15, -0.1) is 11.3 Å². The number of benzene rings is 1. The van der Waals surface area contributed by atoms with E-state index < -0.39 is 5.82 Å². The standard InChI is InChI=1S/C14H8Cl2FN3S/c15-9-6-10(16)11(17)5-8(9)12-7-21-14(19-12)20-13-3-1-2-4-18-13/h1-7H,(H,18,19,20). The molecule has 3 nitrogen and oxygen atoms in total. The first-order valence-corrected chi connectivity index (χ1v) is 7.55. The number of rotatable bonds is 3. The minimum Gasteiger partial charge on any atom is -0.316 e. The molecule has 0 aliphatic heterocycles. The van der Waals surface area contributed by atoms with E-state index in [4.69, 9.17) is 23.2 Å². The van der Waals surface area contributed by atoms with Gasteiger partial charge in [-0.1, -0.05) is 29.3 Å². The van der Waals surface area contributed by atoms with Gasteiger partial charge in [0.1, 0.15) is 11.6 Å². The number of hydrogen-bond acceptors (Lipinski definition) is 4. The van der Waals surface area contributed by atoms with Crippen molar-refractivity contribution in [3.8, 4) is 11.3 Å². The number of halogens is 3. The van der Waals surface area contributed by atoms with Gasteiger partial charge in [0.05, 0.1) is 15.7 Å². The van der Waals surface area contributed by atoms with Crippen molar-refractivity contribution in [2.75, 3.05) is 5.32 Å². The Morgan fingerprint density at radius 2 is 2.00 bits per heavy atom. The fourth-order valence-corrected chi connectivity index (χ4v) is 2.92. The lowest BCUT2D eigenvalue weighted by molar-refractivity contribution is 0.629. The second-order valence-electron chi connectivity index (χ2n) is 4.12. The van der Waals surface area contributed by atoms with Gasteiger partial charge in [0.2, 0.25) is 0 Å². The molecule has 0 atom stereocenters. The molecule has 1 aromatic carbocycles. The van der Waals surface area contributed by atoms with E-state index in [0.29, 0.717) is 27.2 Å². The van der Waals surface area contributed by atoms with Crippen molar-refractivity contribution in [1.29, 1.82) is 0 Å². The second kappa shape index (κ2) is 5.97. The maximum atomic E-state index is 13.6. The first kappa shape index (κ1) is 14.3. The van der Waals surface area contributed by atoms with E-state index in [1.165, 1.54) is 23.5 Å². The van der Waals surface area contributed by atoms with Crippen LogP contribution in [0.25, 0.3) is 11.3 Å². The van der Waals surface area contributed by atoms with Crippen LogP contribution in [0.15, 0.2) is 41.9 Å². The van der Waals surface area contributed by atoms with Gasteiger partial charge in [-0.3, -0.25) is 0 Å². The van der Waals surface area contributed by atoms with Gasteiger partial charge in [-0.2, -0.15) is 0 Å². The Morgan fingerprint density at radius 3 is 2.76 bits per heavy atom. The van der Waals surface area contributed by atoms with E-state index in [0.717, 1.165) is 0 Å². The van der Waals surface area contributed by atoms with Crippen LogP contribution in [0.5, 0.6) is 0 Å². The van der Waals surface area contributed by atoms with Crippen LogP contribution < -0.4 is 5.32 Å². The molecule has 2 heterocycles. The predicted molar refractivity (Wildman–Crippen MR) is 85.0 cm³/mol. The Balaban J connectivity index is 1.90. The van der Waals surface area contributed by atoms with Crippen LogP contribution in [0, 0.1) is 5.82 Å². The normalized spacial score (nSPS) is 10.6. The molecule has 7 heteroatoms. The Labute approximate surface area is 134 Å². The number of hydrogen-bond donors (Lipinski definition) is 1. The highest BCUT2D eigenvalue weighted by Gasteiger charge is 2.12. The summed E-state index contributed by atoms with van der Waals surface area (Å²) in [7, 11) is 0. The summed E-state index contributed by atoms with van der Waals surface area (Å²) in [5.41, 5.74) is 1.09. The van der Waals surface area contributed by atoms with E-state index in [1.807, 2.05) is 18.2 Å². The molecule has 21 heavy (non-hydrogen) atoms. The van der Waals surface area contributed by atoms with E-state index in [2.05, 4.69) is 15.3 Å². The SMILES string of the molecule is Fc1cc(-c2csc(Nc3ccccn3)n2)c(Cl)cc1Cl. The molecule has 0 saturated carbocycles. The summed E-state index contributed by atoms with van der Waals surface area (Å²) in [5, 5.41) is 5.86. The fraction of sp³-hybridized carbons (Fsp3) is 0. The van der Waals surface area contributed by atoms with Crippen LogP contribution in [-0.4, -0.2) is 9.97 Å². The summed E-state index contributed by atoms with van der Waals surface area (Å²) in [6.45, 7) is 0. The molecule has 3 rings (SSSR count). The number of nitrogens with one attached hydrogen (secondary N) is 1. The molecule has 0 spiro atoms. The summed E-state index contributed by atoms with van der Waals surface area (Å²) in [6, 6.07) is 8.18. The van der Waals surface area contributed by atoms with Crippen molar-refractivity contribution in [1.82, 2.24) is 9.97 Å². The summed E-state index contributed by atoms with van der Waals surface area (Å²) in [6.07, 6.45) is 1.68. The van der Waals surface area contributed by atoms with Gasteiger partial charge in [-0.25, -0.2) is 14.4 Å². The zero-order valence-electron chi connectivity index (χ0n) is 10.5. The first-order chi connectivity index (χ1) is 10.1. The van der Waals surface area contributed by atoms with Gasteiger partial charge >= 0.3 is 0 Å². The van der Waals surface area contributed by atoms with Gasteiger partial charge in [-0.05, 0) is 24.3 Å². The molecule has 0 saturated heterocycles. The Bertz CT molecular complexity index is 777. The van der Waals surface area contributed by atoms with Crippen molar-refractivity contribution in [3.63, 3.8) is 0 Å². The van der Waals surface area contributed by atoms with Crippen molar-refractivity contribution in [2.24, 2.45) is 0 Å². The minimum atomic E-state index is -0.525. The maximum Gasteiger partial charge on any atom is 0.188 e. The number of aromatic nitrogens is 2. The zero-order valence-corrected chi connectivity index (χ0v) is 12.8. The van der Waals surface area contributed by atoms with E-state index >= 15 is 0 Å². The largest absolute Gasteiger partial charge is 0.316 e. The summed E-state index contributed by atoms with van der Waals surface area (Å²) < 4.78 is 13.6. The van der Waals surface area contributed by atoms with Crippen LogP contribution in [0.4, 0.5) is 15.3 Å². The van der Waals surface area contributed by atoms with Crippen LogP contribution in [0.1, 0.15) is 0 Å². The Kier molecular flexibility index (Phi) is 4.05. The Hall–Kier alpha value is -1.69. The van der Waals surface area contributed by atoms with Crippen LogP contribution >= 0.6 is 34.5 Å². The lowest BCUT2D eigenvalue weighted by Crippen LogP contribution is -1.92. The molecule has 1 N–H and O–H groups in total. The van der Waals surface area contributed by atoms with Crippen molar-refractivity contribution >= 4 is 45.5 Å². The smallest absolute Gasteiger partial charge is 0.188 e. The third-order valence-corrected chi connectivity index (χ3v) is 4.05. The van der Waals surface area contributed by atoms with Crippen LogP contribution in [-0.2, 0) is 0 Å².